The van der Waals surface area contributed by atoms with Gasteiger partial charge in [-0.3, -0.25) is 4.79 Å². The molecule has 0 saturated carbocycles. The molecule has 28 heavy (non-hydrogen) atoms. The van der Waals surface area contributed by atoms with Gasteiger partial charge in [0.15, 0.2) is 11.5 Å². The van der Waals surface area contributed by atoms with Gasteiger partial charge in [-0.25, -0.2) is 9.18 Å². The first-order valence-electron chi connectivity index (χ1n) is 8.37. The number of methoxy groups -OCH3 is 1. The summed E-state index contributed by atoms with van der Waals surface area (Å²) < 4.78 is 24.0. The highest BCUT2D eigenvalue weighted by molar-refractivity contribution is 6.31. The zero-order chi connectivity index (χ0) is 20.7. The van der Waals surface area contributed by atoms with Crippen molar-refractivity contribution in [2.75, 3.05) is 39.6 Å². The highest BCUT2D eigenvalue weighted by Crippen LogP contribution is 2.35. The van der Waals surface area contributed by atoms with Gasteiger partial charge in [-0.15, -0.1) is 0 Å². The topological polar surface area (TPSA) is 79.9 Å². The number of rotatable bonds is 7. The molecular weight excluding hydrogens is 389 g/mol. The molecule has 0 spiro atoms. The predicted molar refractivity (Wildman–Crippen MR) is 105 cm³/mol. The zero-order valence-corrected chi connectivity index (χ0v) is 16.5. The summed E-state index contributed by atoms with van der Waals surface area (Å²) in [5.41, 5.74) is 0.219. The predicted octanol–water partition coefficient (Wildman–Crippen LogP) is 3.39. The normalized spacial score (nSPS) is 10.3. The van der Waals surface area contributed by atoms with Gasteiger partial charge in [-0.1, -0.05) is 17.7 Å². The number of nitrogens with one attached hydrogen (secondary N) is 2. The number of carbonyl (C=O) groups is 2. The third-order valence-corrected chi connectivity index (χ3v) is 3.98. The number of carbonyl (C=O) groups excluding carboxylic acids is 2. The van der Waals surface area contributed by atoms with Crippen LogP contribution in [0.2, 0.25) is 5.02 Å². The summed E-state index contributed by atoms with van der Waals surface area (Å²) in [4.78, 5) is 26.4. The Bertz CT molecular complexity index is 863. The van der Waals surface area contributed by atoms with E-state index >= 15 is 0 Å². The quantitative estimate of drug-likeness (QED) is 0.732. The molecule has 2 N–H and O–H groups in total. The van der Waals surface area contributed by atoms with Crippen LogP contribution in [0.3, 0.4) is 0 Å². The van der Waals surface area contributed by atoms with E-state index in [-0.39, 0.29) is 27.8 Å². The Balaban J connectivity index is 2.33. The van der Waals surface area contributed by atoms with Crippen LogP contribution in [0.5, 0.6) is 11.5 Å². The van der Waals surface area contributed by atoms with Crippen LogP contribution in [0.1, 0.15) is 10.4 Å². The second-order valence-corrected chi connectivity index (χ2v) is 6.28. The average molecular weight is 410 g/mol. The zero-order valence-electron chi connectivity index (χ0n) is 15.7. The molecule has 9 heteroatoms. The van der Waals surface area contributed by atoms with Gasteiger partial charge in [0.1, 0.15) is 5.82 Å². The molecule has 0 heterocycles. The maximum Gasteiger partial charge on any atom is 0.415 e. The van der Waals surface area contributed by atoms with Crippen molar-refractivity contribution < 1.29 is 23.5 Å². The van der Waals surface area contributed by atoms with Gasteiger partial charge in [0, 0.05) is 36.9 Å². The minimum atomic E-state index is -0.671. The standard InChI is InChI=1S/C19H21ClFN3O4/c1-22-7-8-24(2)19(26)28-17-15(9-12(20)10-16(17)27-3)18(25)23-14-6-4-5-13(21)11-14/h4-6,9-11,22H,7-8H2,1-3H3,(H,23,25). The highest BCUT2D eigenvalue weighted by atomic mass is 35.5. The average Bonchev–Trinajstić information content (AvgIpc) is 2.66. The van der Waals surface area contributed by atoms with Crippen LogP contribution < -0.4 is 20.1 Å². The summed E-state index contributed by atoms with van der Waals surface area (Å²) in [5, 5.41) is 5.68. The number of benzene rings is 2. The second kappa shape index (κ2) is 9.91. The van der Waals surface area contributed by atoms with Crippen LogP contribution in [-0.4, -0.2) is 51.2 Å². The lowest BCUT2D eigenvalue weighted by molar-refractivity contribution is 0.102. The first kappa shape index (κ1) is 21.5. The van der Waals surface area contributed by atoms with Gasteiger partial charge in [0.2, 0.25) is 0 Å². The summed E-state index contributed by atoms with van der Waals surface area (Å²) in [7, 11) is 4.69. The molecule has 0 radical (unpaired) electrons. The SMILES string of the molecule is CNCCN(C)C(=O)Oc1c(OC)cc(Cl)cc1C(=O)Nc1cccc(F)c1. The fraction of sp³-hybridized carbons (Fsp3) is 0.263. The van der Waals surface area contributed by atoms with Crippen LogP contribution >= 0.6 is 11.6 Å². The Morgan fingerprint density at radius 2 is 2.00 bits per heavy atom. The van der Waals surface area contributed by atoms with E-state index in [2.05, 4.69) is 10.6 Å². The Morgan fingerprint density at radius 1 is 1.25 bits per heavy atom. The first-order chi connectivity index (χ1) is 13.3. The highest BCUT2D eigenvalue weighted by Gasteiger charge is 2.23. The maximum atomic E-state index is 13.4. The van der Waals surface area contributed by atoms with Crippen molar-refractivity contribution >= 4 is 29.3 Å². The van der Waals surface area contributed by atoms with Crippen molar-refractivity contribution in [3.63, 3.8) is 0 Å². The molecule has 7 nitrogen and oxygen atoms in total. The summed E-state index contributed by atoms with van der Waals surface area (Å²) in [6.45, 7) is 0.965. The van der Waals surface area contributed by atoms with Gasteiger partial charge in [0.25, 0.3) is 5.91 Å². The number of nitrogens with zero attached hydrogens (tertiary/aromatic N) is 1. The van der Waals surface area contributed by atoms with Gasteiger partial charge in [0.05, 0.1) is 12.7 Å². The molecule has 2 aromatic carbocycles. The van der Waals surface area contributed by atoms with Gasteiger partial charge in [-0.2, -0.15) is 0 Å². The monoisotopic (exact) mass is 409 g/mol. The molecular formula is C19H21ClFN3O4. The van der Waals surface area contributed by atoms with E-state index in [1.54, 1.807) is 14.1 Å². The first-order valence-corrected chi connectivity index (χ1v) is 8.75. The lowest BCUT2D eigenvalue weighted by Crippen LogP contribution is -2.35. The maximum absolute atomic E-state index is 13.4. The second-order valence-electron chi connectivity index (χ2n) is 5.84. The number of likely N-dealkylation sites (N-methyl/N-ethyl adjacent to an activating group) is 2. The number of ether oxygens (including phenoxy) is 2. The van der Waals surface area contributed by atoms with E-state index in [9.17, 15) is 14.0 Å². The van der Waals surface area contributed by atoms with E-state index in [1.807, 2.05) is 0 Å². The molecule has 0 unspecified atom stereocenters. The van der Waals surface area contributed by atoms with Crippen LogP contribution in [0.4, 0.5) is 14.9 Å². The summed E-state index contributed by atoms with van der Waals surface area (Å²) in [5.74, 6) is -1.10. The molecule has 0 aromatic heterocycles. The third kappa shape index (κ3) is 5.58. The van der Waals surface area contributed by atoms with Crippen LogP contribution in [0, 0.1) is 5.82 Å². The Kier molecular flexibility index (Phi) is 7.60. The van der Waals surface area contributed by atoms with Crippen molar-refractivity contribution in [1.82, 2.24) is 10.2 Å². The molecule has 2 aromatic rings. The lowest BCUT2D eigenvalue weighted by Gasteiger charge is -2.19. The van der Waals surface area contributed by atoms with Crippen molar-refractivity contribution in [2.24, 2.45) is 0 Å². The molecule has 0 aliphatic rings. The molecule has 0 saturated heterocycles. The minimum Gasteiger partial charge on any atom is -0.493 e. The smallest absolute Gasteiger partial charge is 0.415 e. The summed E-state index contributed by atoms with van der Waals surface area (Å²) in [6.07, 6.45) is -0.671. The van der Waals surface area contributed by atoms with Crippen molar-refractivity contribution in [1.29, 1.82) is 0 Å². The molecule has 0 bridgehead atoms. The molecule has 2 amide bonds. The largest absolute Gasteiger partial charge is 0.493 e. The van der Waals surface area contributed by atoms with Gasteiger partial charge < -0.3 is 25.0 Å². The van der Waals surface area contributed by atoms with Crippen molar-refractivity contribution in [3.05, 3.63) is 52.8 Å². The van der Waals surface area contributed by atoms with E-state index < -0.39 is 17.8 Å². The number of halogens is 2. The van der Waals surface area contributed by atoms with Crippen LogP contribution in [-0.2, 0) is 0 Å². The Morgan fingerprint density at radius 3 is 2.64 bits per heavy atom. The van der Waals surface area contributed by atoms with E-state index in [0.717, 1.165) is 6.07 Å². The Hall–Kier alpha value is -2.84. The molecule has 2 rings (SSSR count). The van der Waals surface area contributed by atoms with E-state index in [4.69, 9.17) is 21.1 Å². The Labute approximate surface area is 167 Å². The van der Waals surface area contributed by atoms with E-state index in [1.165, 1.54) is 42.3 Å². The fourth-order valence-electron chi connectivity index (χ4n) is 2.29. The number of amides is 2. The molecule has 0 atom stereocenters. The number of hydrogen-bond acceptors (Lipinski definition) is 5. The summed E-state index contributed by atoms with van der Waals surface area (Å²) >= 11 is 6.06. The molecule has 0 aliphatic heterocycles. The molecule has 0 aliphatic carbocycles. The van der Waals surface area contributed by atoms with E-state index in [0.29, 0.717) is 13.1 Å². The van der Waals surface area contributed by atoms with Crippen LogP contribution in [0.15, 0.2) is 36.4 Å². The minimum absolute atomic E-state index is 0.0241. The molecule has 0 fully saturated rings. The van der Waals surface area contributed by atoms with Gasteiger partial charge in [-0.05, 0) is 31.3 Å². The fourth-order valence-corrected chi connectivity index (χ4v) is 2.50. The van der Waals surface area contributed by atoms with Crippen LogP contribution in [0.25, 0.3) is 0 Å². The third-order valence-electron chi connectivity index (χ3n) is 3.76. The number of anilines is 1. The van der Waals surface area contributed by atoms with Crippen molar-refractivity contribution in [3.8, 4) is 11.5 Å². The van der Waals surface area contributed by atoms with Gasteiger partial charge >= 0.3 is 6.09 Å². The summed E-state index contributed by atoms with van der Waals surface area (Å²) in [6, 6.07) is 8.18. The van der Waals surface area contributed by atoms with Crippen molar-refractivity contribution in [2.45, 2.75) is 0 Å². The lowest BCUT2D eigenvalue weighted by atomic mass is 10.1. The molecule has 150 valence electrons. The number of hydrogen-bond donors (Lipinski definition) is 2.